The lowest BCUT2D eigenvalue weighted by atomic mass is 9.70. The lowest BCUT2D eigenvalue weighted by Crippen LogP contribution is -2.53. The van der Waals surface area contributed by atoms with E-state index in [0.29, 0.717) is 97.1 Å². The van der Waals surface area contributed by atoms with E-state index in [0.717, 1.165) is 31.4 Å². The quantitative estimate of drug-likeness (QED) is 0.318. The molecule has 7 aliphatic rings. The molecule has 47 heavy (non-hydrogen) atoms. The number of fused-ring (bicyclic) bond motifs is 7. The Balaban J connectivity index is 1.13. The first-order chi connectivity index (χ1) is 22.8. The second-order valence-electron chi connectivity index (χ2n) is 14.9. The molecule has 0 radical (unpaired) electrons. The topological polar surface area (TPSA) is 113 Å². The maximum absolute atomic E-state index is 17.1. The number of nitrogens with zero attached hydrogens (tertiary/aromatic N) is 6. The van der Waals surface area contributed by atoms with Crippen molar-refractivity contribution in [3.05, 3.63) is 34.9 Å². The highest BCUT2D eigenvalue weighted by Gasteiger charge is 2.82. The van der Waals surface area contributed by atoms with Gasteiger partial charge < -0.3 is 19.5 Å². The summed E-state index contributed by atoms with van der Waals surface area (Å²) in [6.07, 6.45) is 7.43. The van der Waals surface area contributed by atoms with Crippen LogP contribution in [0, 0.1) is 23.1 Å². The van der Waals surface area contributed by atoms with E-state index in [1.165, 1.54) is 0 Å². The zero-order valence-electron chi connectivity index (χ0n) is 25.9. The third-order valence-electron chi connectivity index (χ3n) is 12.3. The average molecular weight is 664 g/mol. The third kappa shape index (κ3) is 4.04. The van der Waals surface area contributed by atoms with Gasteiger partial charge in [0.1, 0.15) is 29.8 Å². The molecule has 5 aliphatic heterocycles. The summed E-state index contributed by atoms with van der Waals surface area (Å²) in [5.41, 5.74) is 1.01. The molecule has 11 rings (SSSR count). The molecule has 1 spiro atoms. The molecular formula is C34H36ClF2N7O3. The largest absolute Gasteiger partial charge is 0.461 e. The van der Waals surface area contributed by atoms with Crippen LogP contribution in [0.5, 0.6) is 6.01 Å². The lowest BCUT2D eigenvalue weighted by Gasteiger charge is -2.45. The molecule has 2 saturated carbocycles. The Morgan fingerprint density at radius 1 is 1.19 bits per heavy atom. The van der Waals surface area contributed by atoms with Crippen molar-refractivity contribution >= 4 is 39.2 Å². The van der Waals surface area contributed by atoms with Gasteiger partial charge in [0.15, 0.2) is 5.82 Å². The normalized spacial score (nSPS) is 34.5. The summed E-state index contributed by atoms with van der Waals surface area (Å²) < 4.78 is 44.1. The molecule has 0 amide bonds. The van der Waals surface area contributed by atoms with E-state index < -0.39 is 23.1 Å². The van der Waals surface area contributed by atoms with E-state index in [1.807, 2.05) is 6.07 Å². The van der Waals surface area contributed by atoms with Gasteiger partial charge in [-0.25, -0.2) is 8.78 Å². The van der Waals surface area contributed by atoms with Gasteiger partial charge in [0, 0.05) is 60.7 Å². The molecule has 5 fully saturated rings. The molecule has 8 heterocycles. The number of anilines is 1. The fraction of sp³-hybridized carbons (Fsp3) is 0.588. The molecule has 4 aromatic rings. The number of piperidine rings is 1. The zero-order valence-corrected chi connectivity index (χ0v) is 26.7. The fourth-order valence-corrected chi connectivity index (χ4v) is 10.7. The van der Waals surface area contributed by atoms with Gasteiger partial charge in [0.25, 0.3) is 0 Å². The first kappa shape index (κ1) is 28.8. The minimum absolute atomic E-state index is 0.00548. The van der Waals surface area contributed by atoms with Gasteiger partial charge in [-0.15, -0.1) is 0 Å². The van der Waals surface area contributed by atoms with E-state index in [9.17, 15) is 9.50 Å². The zero-order chi connectivity index (χ0) is 31.7. The Bertz CT molecular complexity index is 1960. The van der Waals surface area contributed by atoms with Gasteiger partial charge in [-0.05, 0) is 68.0 Å². The van der Waals surface area contributed by atoms with Crippen LogP contribution in [0.4, 0.5) is 14.6 Å². The van der Waals surface area contributed by atoms with Gasteiger partial charge in [-0.2, -0.15) is 15.1 Å². The minimum atomic E-state index is -0.890. The van der Waals surface area contributed by atoms with Crippen LogP contribution >= 0.6 is 11.6 Å². The van der Waals surface area contributed by atoms with Crippen molar-refractivity contribution < 1.29 is 23.4 Å². The van der Waals surface area contributed by atoms with Crippen molar-refractivity contribution in [3.8, 4) is 17.3 Å². The lowest BCUT2D eigenvalue weighted by molar-refractivity contribution is -0.128. The maximum atomic E-state index is 17.1. The highest BCUT2D eigenvalue weighted by molar-refractivity contribution is 6.33. The van der Waals surface area contributed by atoms with E-state index in [4.69, 9.17) is 36.0 Å². The van der Waals surface area contributed by atoms with Crippen LogP contribution in [0.2, 0.25) is 5.02 Å². The Morgan fingerprint density at radius 2 is 2.11 bits per heavy atom. The molecule has 6 atom stereocenters. The van der Waals surface area contributed by atoms with Crippen LogP contribution in [-0.2, 0) is 11.2 Å². The Labute approximate surface area is 274 Å². The van der Waals surface area contributed by atoms with E-state index >= 15 is 4.39 Å². The Morgan fingerprint density at radius 3 is 3.02 bits per heavy atom. The predicted molar refractivity (Wildman–Crippen MR) is 171 cm³/mol. The highest BCUT2D eigenvalue weighted by atomic mass is 35.5. The molecule has 10 nitrogen and oxygen atoms in total. The number of aliphatic hydroxyl groups is 1. The molecule has 7 bridgehead atoms. The number of pyridine rings is 1. The van der Waals surface area contributed by atoms with Crippen LogP contribution in [0.15, 0.2) is 18.5 Å². The third-order valence-corrected chi connectivity index (χ3v) is 12.7. The summed E-state index contributed by atoms with van der Waals surface area (Å²) in [6.45, 7) is 3.67. The summed E-state index contributed by atoms with van der Waals surface area (Å²) in [5, 5.41) is 20.5. The minimum Gasteiger partial charge on any atom is -0.461 e. The maximum Gasteiger partial charge on any atom is 0.319 e. The van der Waals surface area contributed by atoms with E-state index in [1.54, 1.807) is 12.4 Å². The summed E-state index contributed by atoms with van der Waals surface area (Å²) >= 11 is 6.84. The molecule has 3 aromatic heterocycles. The molecule has 2 N–H and O–H groups in total. The first-order valence-electron chi connectivity index (χ1n) is 16.9. The number of hydrogen-bond acceptors (Lipinski definition) is 9. The van der Waals surface area contributed by atoms with Crippen LogP contribution in [0.25, 0.3) is 33.1 Å². The smallest absolute Gasteiger partial charge is 0.319 e. The first-order valence-corrected chi connectivity index (χ1v) is 17.2. The van der Waals surface area contributed by atoms with Crippen molar-refractivity contribution in [2.75, 3.05) is 50.9 Å². The number of aromatic amines is 1. The average Bonchev–Trinajstić information content (AvgIpc) is 3.42. The van der Waals surface area contributed by atoms with E-state index in [2.05, 4.69) is 20.0 Å². The van der Waals surface area contributed by atoms with Crippen molar-refractivity contribution in [1.82, 2.24) is 30.0 Å². The number of rotatable bonds is 3. The number of benzene rings is 1. The van der Waals surface area contributed by atoms with Crippen LogP contribution in [0.3, 0.4) is 0 Å². The van der Waals surface area contributed by atoms with Gasteiger partial charge in [0.05, 0.1) is 34.8 Å². The fourth-order valence-electron chi connectivity index (χ4n) is 10.4. The number of alkyl halides is 1. The van der Waals surface area contributed by atoms with Gasteiger partial charge in [-0.1, -0.05) is 11.6 Å². The molecule has 246 valence electrons. The van der Waals surface area contributed by atoms with Crippen molar-refractivity contribution in [3.63, 3.8) is 0 Å². The highest BCUT2D eigenvalue weighted by Crippen LogP contribution is 2.79. The number of H-pyrrole nitrogens is 1. The van der Waals surface area contributed by atoms with Crippen LogP contribution < -0.4 is 9.64 Å². The van der Waals surface area contributed by atoms with Gasteiger partial charge in [0.2, 0.25) is 0 Å². The summed E-state index contributed by atoms with van der Waals surface area (Å²) in [5.74, 6) is 0.605. The summed E-state index contributed by atoms with van der Waals surface area (Å²) in [6, 6.07) is 1.89. The number of ether oxygens (including phenoxy) is 2. The molecule has 2 aliphatic carbocycles. The Kier molecular flexibility index (Phi) is 6.08. The second kappa shape index (κ2) is 9.93. The van der Waals surface area contributed by atoms with Crippen molar-refractivity contribution in [2.24, 2.45) is 17.3 Å². The number of hydrogen-bond donors (Lipinski definition) is 2. The number of nitrogens with one attached hydrogen (secondary N) is 1. The summed E-state index contributed by atoms with van der Waals surface area (Å²) in [4.78, 5) is 18.7. The second-order valence-corrected chi connectivity index (χ2v) is 15.3. The molecule has 1 aromatic carbocycles. The van der Waals surface area contributed by atoms with E-state index in [-0.39, 0.29) is 35.2 Å². The van der Waals surface area contributed by atoms with Crippen LogP contribution in [0.1, 0.15) is 44.1 Å². The monoisotopic (exact) mass is 663 g/mol. The number of halogens is 3. The van der Waals surface area contributed by atoms with Crippen LogP contribution in [-0.4, -0.2) is 98.5 Å². The molecular weight excluding hydrogens is 628 g/mol. The van der Waals surface area contributed by atoms with Gasteiger partial charge >= 0.3 is 6.01 Å². The molecule has 2 unspecified atom stereocenters. The van der Waals surface area contributed by atoms with Crippen molar-refractivity contribution in [1.29, 1.82) is 0 Å². The summed E-state index contributed by atoms with van der Waals surface area (Å²) in [7, 11) is 0. The van der Waals surface area contributed by atoms with Gasteiger partial charge in [-0.3, -0.25) is 15.0 Å². The SMILES string of the molecule is O[C@@]12COCCCc3c(Cl)cc4[nH]ncc4c3-c3ncc4c(nc(OC[C@@]56CCCN5C[C@H](F)C6)nc4c3F)N3CCC4C1[C@]4(C3)C2. The molecule has 3 saturated heterocycles. The number of aromatic nitrogens is 5. The molecule has 13 heteroatoms. The van der Waals surface area contributed by atoms with Crippen molar-refractivity contribution in [2.45, 2.75) is 62.3 Å². The Hall–Kier alpha value is -3.19. The standard InChI is InChI=1S/C34H36ClF2N7O3/c35-23-9-24-20(12-39-42-24)25-19(23)3-1-8-46-17-34(45)14-33-15-43(7-4-22(33)29(33)34)30-21-11-38-28(25)26(37)27(21)40-31(41-30)47-16-32-5-2-6-44(32)13-18(36)10-32/h9,11-12,18,22,29,45H,1-8,10,13-17H2,(H,39,42)/t18-,22?,29?,32+,33+,34+/m1/s1. The predicted octanol–water partition coefficient (Wildman–Crippen LogP) is 4.86.